The van der Waals surface area contributed by atoms with E-state index in [-0.39, 0.29) is 0 Å². The van der Waals surface area contributed by atoms with Gasteiger partial charge in [-0.3, -0.25) is 0 Å². The van der Waals surface area contributed by atoms with E-state index in [0.717, 1.165) is 5.69 Å². The molecule has 11 aromatic carbocycles. The standard InChI is InChI=1S/C66H45NSSi/c1-5-19-46(20-6-1)47-21-15-22-48(41-47)49-23-16-24-50(42-49)51-37-40-65-62(44-51)60-35-18-34-58(66(60)68-65)52-25-17-26-53(43-52)67-63-36-14-13-33-59(63)61-45-57(38-39-64(61)67)69(54-27-7-2-8-28-54,55-29-9-3-10-30-55)56-31-11-4-12-32-56/h1-45H. The molecule has 0 spiro atoms. The van der Waals surface area contributed by atoms with Crippen molar-refractivity contribution >= 4 is 82.1 Å². The van der Waals surface area contributed by atoms with Crippen LogP contribution in [0.4, 0.5) is 0 Å². The minimum Gasteiger partial charge on any atom is -0.309 e. The highest BCUT2D eigenvalue weighted by Gasteiger charge is 2.41. The molecule has 0 atom stereocenters. The third-order valence-corrected chi connectivity index (χ3v) is 20.1. The number of benzene rings is 11. The van der Waals surface area contributed by atoms with Crippen LogP contribution in [-0.2, 0) is 0 Å². The first-order valence-electron chi connectivity index (χ1n) is 23.7. The average Bonchev–Trinajstić information content (AvgIpc) is 3.98. The molecule has 13 rings (SSSR count). The lowest BCUT2D eigenvalue weighted by Gasteiger charge is -2.34. The summed E-state index contributed by atoms with van der Waals surface area (Å²) < 4.78 is 5.07. The van der Waals surface area contributed by atoms with Crippen molar-refractivity contribution in [1.29, 1.82) is 0 Å². The smallest absolute Gasteiger partial charge is 0.179 e. The molecule has 0 N–H and O–H groups in total. The molecule has 3 heteroatoms. The van der Waals surface area contributed by atoms with Crippen LogP contribution < -0.4 is 20.7 Å². The van der Waals surface area contributed by atoms with Crippen molar-refractivity contribution in [2.24, 2.45) is 0 Å². The number of hydrogen-bond acceptors (Lipinski definition) is 1. The van der Waals surface area contributed by atoms with Gasteiger partial charge in [0.1, 0.15) is 0 Å². The first kappa shape index (κ1) is 40.9. The van der Waals surface area contributed by atoms with Gasteiger partial charge in [0.2, 0.25) is 0 Å². The van der Waals surface area contributed by atoms with Gasteiger partial charge in [0.25, 0.3) is 0 Å². The summed E-state index contributed by atoms with van der Waals surface area (Å²) in [6, 6.07) is 101. The van der Waals surface area contributed by atoms with E-state index in [2.05, 4.69) is 278 Å². The highest BCUT2D eigenvalue weighted by molar-refractivity contribution is 7.26. The second-order valence-corrected chi connectivity index (χ2v) is 22.9. The zero-order chi connectivity index (χ0) is 45.7. The minimum absolute atomic E-state index is 1.15. The van der Waals surface area contributed by atoms with Crippen molar-refractivity contribution < 1.29 is 0 Å². The lowest BCUT2D eigenvalue weighted by molar-refractivity contribution is 1.18. The molecule has 2 heterocycles. The Bertz CT molecular complexity index is 3910. The van der Waals surface area contributed by atoms with Gasteiger partial charge < -0.3 is 4.57 Å². The summed E-state index contributed by atoms with van der Waals surface area (Å²) in [6.45, 7) is 0. The Kier molecular flexibility index (Phi) is 10.1. The van der Waals surface area contributed by atoms with Gasteiger partial charge in [-0.2, -0.15) is 0 Å². The molecule has 0 saturated carbocycles. The zero-order valence-electron chi connectivity index (χ0n) is 37.8. The van der Waals surface area contributed by atoms with Crippen LogP contribution in [0.2, 0.25) is 0 Å². The van der Waals surface area contributed by atoms with E-state index in [4.69, 9.17) is 0 Å². The van der Waals surface area contributed by atoms with Crippen LogP contribution in [0.25, 0.3) is 92.2 Å². The lowest BCUT2D eigenvalue weighted by Crippen LogP contribution is -2.74. The van der Waals surface area contributed by atoms with E-state index in [1.54, 1.807) is 0 Å². The largest absolute Gasteiger partial charge is 0.309 e. The predicted octanol–water partition coefficient (Wildman–Crippen LogP) is 15.2. The molecule has 0 radical (unpaired) electrons. The van der Waals surface area contributed by atoms with Crippen LogP contribution >= 0.6 is 11.3 Å². The van der Waals surface area contributed by atoms with Crippen molar-refractivity contribution in [3.8, 4) is 50.2 Å². The molecule has 13 aromatic rings. The predicted molar refractivity (Wildman–Crippen MR) is 299 cm³/mol. The van der Waals surface area contributed by atoms with Crippen molar-refractivity contribution in [3.05, 3.63) is 273 Å². The van der Waals surface area contributed by atoms with Crippen molar-refractivity contribution in [2.45, 2.75) is 0 Å². The fourth-order valence-electron chi connectivity index (χ4n) is 11.0. The van der Waals surface area contributed by atoms with Gasteiger partial charge >= 0.3 is 0 Å². The van der Waals surface area contributed by atoms with Crippen LogP contribution in [0.5, 0.6) is 0 Å². The Hall–Kier alpha value is -8.34. The van der Waals surface area contributed by atoms with Gasteiger partial charge in [-0.15, -0.1) is 11.3 Å². The van der Waals surface area contributed by atoms with Gasteiger partial charge in [-0.25, -0.2) is 0 Å². The lowest BCUT2D eigenvalue weighted by atomic mass is 9.95. The van der Waals surface area contributed by atoms with Crippen LogP contribution in [0.15, 0.2) is 273 Å². The molecule has 0 aliphatic heterocycles. The van der Waals surface area contributed by atoms with Crippen LogP contribution in [-0.4, -0.2) is 12.6 Å². The highest BCUT2D eigenvalue weighted by Crippen LogP contribution is 2.43. The van der Waals surface area contributed by atoms with E-state index in [1.165, 1.54) is 107 Å². The summed E-state index contributed by atoms with van der Waals surface area (Å²) in [7, 11) is -2.73. The van der Waals surface area contributed by atoms with Crippen molar-refractivity contribution in [2.75, 3.05) is 0 Å². The van der Waals surface area contributed by atoms with Crippen molar-refractivity contribution in [1.82, 2.24) is 4.57 Å². The monoisotopic (exact) mass is 911 g/mol. The van der Waals surface area contributed by atoms with E-state index in [0.29, 0.717) is 0 Å². The number of para-hydroxylation sites is 1. The number of hydrogen-bond donors (Lipinski definition) is 0. The third-order valence-electron chi connectivity index (χ3n) is 14.1. The molecule has 2 aromatic heterocycles. The molecule has 0 amide bonds. The molecule has 0 aliphatic carbocycles. The molecule has 0 aliphatic rings. The second-order valence-electron chi connectivity index (χ2n) is 18.0. The fourth-order valence-corrected chi connectivity index (χ4v) is 16.9. The third kappa shape index (κ3) is 6.97. The van der Waals surface area contributed by atoms with Crippen LogP contribution in [0.3, 0.4) is 0 Å². The van der Waals surface area contributed by atoms with Crippen molar-refractivity contribution in [3.63, 3.8) is 0 Å². The summed E-state index contributed by atoms with van der Waals surface area (Å²) in [5.41, 5.74) is 13.4. The van der Waals surface area contributed by atoms with Crippen LogP contribution in [0, 0.1) is 0 Å². The summed E-state index contributed by atoms with van der Waals surface area (Å²) in [5, 5.41) is 10.6. The molecule has 0 fully saturated rings. The molecule has 69 heavy (non-hydrogen) atoms. The average molecular weight is 912 g/mol. The summed E-state index contributed by atoms with van der Waals surface area (Å²) in [5.74, 6) is 0. The summed E-state index contributed by atoms with van der Waals surface area (Å²) in [6.07, 6.45) is 0. The molecule has 324 valence electrons. The Balaban J connectivity index is 0.908. The fraction of sp³-hybridized carbons (Fsp3) is 0. The Morgan fingerprint density at radius 3 is 1.42 bits per heavy atom. The van der Waals surface area contributed by atoms with Crippen LogP contribution in [0.1, 0.15) is 0 Å². The topological polar surface area (TPSA) is 4.93 Å². The SMILES string of the molecule is c1ccc(-c2cccc(-c3cccc(-c4ccc5sc6c(-c7cccc(-n8c9ccccc9c9cc([Si](c%10ccccc%10)(c%10ccccc%10)c%10ccccc%10)ccc98)c7)cccc6c5c4)c3)c2)cc1. The van der Waals surface area contributed by atoms with Gasteiger partial charge in [0.15, 0.2) is 8.07 Å². The summed E-state index contributed by atoms with van der Waals surface area (Å²) in [4.78, 5) is 0. The van der Waals surface area contributed by atoms with E-state index >= 15 is 0 Å². The normalized spacial score (nSPS) is 11.8. The van der Waals surface area contributed by atoms with E-state index < -0.39 is 8.07 Å². The summed E-state index contributed by atoms with van der Waals surface area (Å²) >= 11 is 1.89. The first-order chi connectivity index (χ1) is 34.2. The maximum atomic E-state index is 2.52. The maximum Gasteiger partial charge on any atom is 0.179 e. The van der Waals surface area contributed by atoms with Gasteiger partial charge in [-0.05, 0) is 114 Å². The number of rotatable bonds is 9. The molecule has 0 unspecified atom stereocenters. The van der Waals surface area contributed by atoms with E-state index in [1.807, 2.05) is 11.3 Å². The maximum absolute atomic E-state index is 2.73. The Morgan fingerprint density at radius 1 is 0.275 bits per heavy atom. The van der Waals surface area contributed by atoms with Gasteiger partial charge in [0, 0.05) is 36.6 Å². The Morgan fingerprint density at radius 2 is 0.768 bits per heavy atom. The quantitative estimate of drug-likeness (QED) is 0.100. The second kappa shape index (κ2) is 17.1. The minimum atomic E-state index is -2.73. The van der Waals surface area contributed by atoms with E-state index in [9.17, 15) is 0 Å². The number of thiophene rings is 1. The highest BCUT2D eigenvalue weighted by atomic mass is 32.1. The van der Waals surface area contributed by atoms with Gasteiger partial charge in [0.05, 0.1) is 11.0 Å². The molecule has 0 bridgehead atoms. The molecule has 1 nitrogen and oxygen atoms in total. The number of nitrogens with zero attached hydrogens (tertiary/aromatic N) is 1. The molecular weight excluding hydrogens is 867 g/mol. The first-order valence-corrected chi connectivity index (χ1v) is 26.5. The number of fused-ring (bicyclic) bond motifs is 6. The zero-order valence-corrected chi connectivity index (χ0v) is 39.7. The molecular formula is C66H45NSSi. The van der Waals surface area contributed by atoms with Gasteiger partial charge in [-0.1, -0.05) is 224 Å². The molecule has 0 saturated heterocycles. The number of aromatic nitrogens is 1. The Labute approximate surface area is 407 Å².